The Kier molecular flexibility index (Phi) is 5.42. The molecule has 138 valence electrons. The monoisotopic (exact) mass is 352 g/mol. The first-order chi connectivity index (χ1) is 12.8. The molecule has 4 rings (SSSR count). The van der Waals surface area contributed by atoms with Crippen molar-refractivity contribution in [3.8, 4) is 11.5 Å². The van der Waals surface area contributed by atoms with Crippen molar-refractivity contribution >= 4 is 11.4 Å². The number of benzene rings is 2. The fourth-order valence-corrected chi connectivity index (χ4v) is 4.16. The Morgan fingerprint density at radius 2 is 1.50 bits per heavy atom. The quantitative estimate of drug-likeness (QED) is 0.835. The Morgan fingerprint density at radius 1 is 0.885 bits per heavy atom. The van der Waals surface area contributed by atoms with E-state index in [4.69, 9.17) is 9.84 Å². The summed E-state index contributed by atoms with van der Waals surface area (Å²) in [6, 6.07) is 16.6. The highest BCUT2D eigenvalue weighted by Gasteiger charge is 2.24. The number of piperidine rings is 1. The van der Waals surface area contributed by atoms with Gasteiger partial charge < -0.3 is 19.6 Å². The van der Waals surface area contributed by atoms with E-state index in [2.05, 4.69) is 34.1 Å². The van der Waals surface area contributed by atoms with Gasteiger partial charge >= 0.3 is 0 Å². The minimum Gasteiger partial charge on any atom is -0.453 e. The molecule has 2 aromatic carbocycles. The molecule has 0 saturated carbocycles. The van der Waals surface area contributed by atoms with Crippen molar-refractivity contribution in [3.05, 3.63) is 48.5 Å². The molecular formula is C22H28N2O2. The third kappa shape index (κ3) is 3.71. The predicted octanol–water partition coefficient (Wildman–Crippen LogP) is 4.41. The van der Waals surface area contributed by atoms with E-state index in [0.29, 0.717) is 12.5 Å². The molecule has 0 aromatic heterocycles. The van der Waals surface area contributed by atoms with Gasteiger partial charge in [0, 0.05) is 13.2 Å². The SMILES string of the molecule is OCCC1CCN(CCCN2c3ccccc3Oc3ccccc32)CC1. The van der Waals surface area contributed by atoms with Gasteiger partial charge in [-0.25, -0.2) is 0 Å². The highest BCUT2D eigenvalue weighted by Crippen LogP contribution is 2.46. The first-order valence-electron chi connectivity index (χ1n) is 9.82. The van der Waals surface area contributed by atoms with Gasteiger partial charge in [0.2, 0.25) is 0 Å². The summed E-state index contributed by atoms with van der Waals surface area (Å²) in [5.41, 5.74) is 2.32. The Labute approximate surface area is 156 Å². The van der Waals surface area contributed by atoms with Gasteiger partial charge in [0.05, 0.1) is 11.4 Å². The second kappa shape index (κ2) is 8.11. The van der Waals surface area contributed by atoms with Gasteiger partial charge in [-0.15, -0.1) is 0 Å². The molecule has 1 fully saturated rings. The Bertz CT molecular complexity index is 680. The van der Waals surface area contributed by atoms with Gasteiger partial charge in [0.1, 0.15) is 0 Å². The van der Waals surface area contributed by atoms with E-state index in [0.717, 1.165) is 48.8 Å². The van der Waals surface area contributed by atoms with Crippen LogP contribution in [0.4, 0.5) is 11.4 Å². The summed E-state index contributed by atoms with van der Waals surface area (Å²) in [6.45, 7) is 4.80. The van der Waals surface area contributed by atoms with Crippen LogP contribution in [0.3, 0.4) is 0 Å². The van der Waals surface area contributed by atoms with Crippen molar-refractivity contribution in [3.63, 3.8) is 0 Å². The lowest BCUT2D eigenvalue weighted by Crippen LogP contribution is -2.36. The van der Waals surface area contributed by atoms with Crippen LogP contribution in [0.2, 0.25) is 0 Å². The first kappa shape index (κ1) is 17.4. The molecule has 0 unspecified atom stereocenters. The molecule has 4 nitrogen and oxygen atoms in total. The second-order valence-corrected chi connectivity index (χ2v) is 7.34. The van der Waals surface area contributed by atoms with E-state index in [1.807, 2.05) is 24.3 Å². The molecule has 0 bridgehead atoms. The van der Waals surface area contributed by atoms with E-state index >= 15 is 0 Å². The summed E-state index contributed by atoms with van der Waals surface area (Å²) in [5, 5.41) is 9.10. The molecular weight excluding hydrogens is 324 g/mol. The molecule has 0 atom stereocenters. The summed E-state index contributed by atoms with van der Waals surface area (Å²) in [5.74, 6) is 2.60. The molecule has 2 aromatic rings. The number of hydrogen-bond donors (Lipinski definition) is 1. The summed E-state index contributed by atoms with van der Waals surface area (Å²) in [4.78, 5) is 4.97. The lowest BCUT2D eigenvalue weighted by Gasteiger charge is -2.35. The molecule has 2 heterocycles. The number of nitrogens with zero attached hydrogens (tertiary/aromatic N) is 2. The number of hydrogen-bond acceptors (Lipinski definition) is 4. The number of rotatable bonds is 6. The van der Waals surface area contributed by atoms with Gasteiger partial charge in [-0.3, -0.25) is 0 Å². The maximum atomic E-state index is 9.10. The van der Waals surface area contributed by atoms with Gasteiger partial charge in [-0.05, 0) is 75.5 Å². The molecule has 4 heteroatoms. The number of aliphatic hydroxyl groups excluding tert-OH is 1. The van der Waals surface area contributed by atoms with Crippen LogP contribution in [0.1, 0.15) is 25.7 Å². The zero-order valence-corrected chi connectivity index (χ0v) is 15.3. The predicted molar refractivity (Wildman–Crippen MR) is 105 cm³/mol. The molecule has 26 heavy (non-hydrogen) atoms. The molecule has 1 N–H and O–H groups in total. The second-order valence-electron chi connectivity index (χ2n) is 7.34. The Balaban J connectivity index is 1.38. The zero-order valence-electron chi connectivity index (χ0n) is 15.3. The molecule has 0 radical (unpaired) electrons. The van der Waals surface area contributed by atoms with Crippen molar-refractivity contribution in [2.45, 2.75) is 25.7 Å². The molecule has 1 saturated heterocycles. The summed E-state index contributed by atoms with van der Waals surface area (Å²) >= 11 is 0. The maximum Gasteiger partial charge on any atom is 0.151 e. The number of fused-ring (bicyclic) bond motifs is 2. The standard InChI is InChI=1S/C22H28N2O2/c25-17-12-18-10-15-23(16-11-18)13-5-14-24-19-6-1-3-8-21(19)26-22-9-4-2-7-20(22)24/h1-4,6-9,18,25H,5,10-17H2. The van der Waals surface area contributed by atoms with Gasteiger partial charge in [-0.1, -0.05) is 24.3 Å². The van der Waals surface area contributed by atoms with Crippen LogP contribution >= 0.6 is 0 Å². The topological polar surface area (TPSA) is 35.9 Å². The van der Waals surface area contributed by atoms with Gasteiger partial charge in [0.25, 0.3) is 0 Å². The molecule has 2 aliphatic heterocycles. The van der Waals surface area contributed by atoms with Gasteiger partial charge in [-0.2, -0.15) is 0 Å². The normalized spacial score (nSPS) is 17.5. The minimum atomic E-state index is 0.334. The fourth-order valence-electron chi connectivity index (χ4n) is 4.16. The number of ether oxygens (including phenoxy) is 1. The Hall–Kier alpha value is -2.04. The lowest BCUT2D eigenvalue weighted by molar-refractivity contribution is 0.158. The number of anilines is 2. The summed E-state index contributed by atoms with van der Waals surface area (Å²) in [6.07, 6.45) is 4.55. The van der Waals surface area contributed by atoms with E-state index in [1.165, 1.54) is 25.9 Å². The van der Waals surface area contributed by atoms with Crippen molar-refractivity contribution in [2.24, 2.45) is 5.92 Å². The highest BCUT2D eigenvalue weighted by atomic mass is 16.5. The third-order valence-electron chi connectivity index (χ3n) is 5.63. The largest absolute Gasteiger partial charge is 0.453 e. The number of aliphatic hydroxyl groups is 1. The van der Waals surface area contributed by atoms with E-state index in [-0.39, 0.29) is 0 Å². The number of likely N-dealkylation sites (tertiary alicyclic amines) is 1. The van der Waals surface area contributed by atoms with Crippen molar-refractivity contribution < 1.29 is 9.84 Å². The van der Waals surface area contributed by atoms with Crippen molar-refractivity contribution in [2.75, 3.05) is 37.7 Å². The lowest BCUT2D eigenvalue weighted by atomic mass is 9.94. The number of para-hydroxylation sites is 4. The van der Waals surface area contributed by atoms with Crippen LogP contribution < -0.4 is 9.64 Å². The minimum absolute atomic E-state index is 0.334. The van der Waals surface area contributed by atoms with E-state index < -0.39 is 0 Å². The van der Waals surface area contributed by atoms with E-state index in [1.54, 1.807) is 0 Å². The molecule has 2 aliphatic rings. The summed E-state index contributed by atoms with van der Waals surface area (Å²) < 4.78 is 6.07. The van der Waals surface area contributed by atoms with E-state index in [9.17, 15) is 0 Å². The molecule has 0 aliphatic carbocycles. The first-order valence-corrected chi connectivity index (χ1v) is 9.82. The molecule has 0 spiro atoms. The highest BCUT2D eigenvalue weighted by molar-refractivity contribution is 5.77. The van der Waals surface area contributed by atoms with Crippen LogP contribution in [0, 0.1) is 5.92 Å². The average molecular weight is 352 g/mol. The van der Waals surface area contributed by atoms with Crippen molar-refractivity contribution in [1.82, 2.24) is 4.90 Å². The Morgan fingerprint density at radius 3 is 2.12 bits per heavy atom. The summed E-state index contributed by atoms with van der Waals surface area (Å²) in [7, 11) is 0. The van der Waals surface area contributed by atoms with Crippen LogP contribution in [0.15, 0.2) is 48.5 Å². The maximum absolute atomic E-state index is 9.10. The third-order valence-corrected chi connectivity index (χ3v) is 5.63. The van der Waals surface area contributed by atoms with Crippen LogP contribution in [0.25, 0.3) is 0 Å². The van der Waals surface area contributed by atoms with Crippen LogP contribution in [-0.2, 0) is 0 Å². The van der Waals surface area contributed by atoms with Crippen LogP contribution in [-0.4, -0.2) is 42.8 Å². The zero-order chi connectivity index (χ0) is 17.8. The smallest absolute Gasteiger partial charge is 0.151 e. The van der Waals surface area contributed by atoms with Crippen molar-refractivity contribution in [1.29, 1.82) is 0 Å². The van der Waals surface area contributed by atoms with Crippen LogP contribution in [0.5, 0.6) is 11.5 Å². The average Bonchev–Trinajstić information content (AvgIpc) is 2.69. The fraction of sp³-hybridized carbons (Fsp3) is 0.455. The molecule has 0 amide bonds. The van der Waals surface area contributed by atoms with Gasteiger partial charge in [0.15, 0.2) is 11.5 Å².